The van der Waals surface area contributed by atoms with Crippen LogP contribution in [-0.2, 0) is 0 Å². The molecule has 0 saturated heterocycles. The van der Waals surface area contributed by atoms with Gasteiger partial charge in [0.25, 0.3) is 0 Å². The molecule has 0 aromatic heterocycles. The van der Waals surface area contributed by atoms with Crippen molar-refractivity contribution in [1.29, 1.82) is 0 Å². The largest absolute Gasteiger partial charge is 0.247 e. The molecule has 0 nitrogen and oxygen atoms in total. The monoisotopic (exact) mass is 182 g/mol. The van der Waals surface area contributed by atoms with Crippen LogP contribution in [0.15, 0.2) is 0 Å². The maximum absolute atomic E-state index is 13.8. The molecule has 2 atom stereocenters. The van der Waals surface area contributed by atoms with Gasteiger partial charge in [-0.15, -0.1) is 0 Å². The predicted octanol–water partition coefficient (Wildman–Crippen LogP) is 3.56. The fraction of sp³-hybridized carbons (Fsp3) is 1.00. The minimum absolute atomic E-state index is 0.434. The molecule has 4 aliphatic carbocycles. The first-order chi connectivity index (χ1) is 6.22. The highest BCUT2D eigenvalue weighted by Crippen LogP contribution is 2.61. The highest BCUT2D eigenvalue weighted by atomic mass is 19.1. The Balaban J connectivity index is 1.92. The van der Waals surface area contributed by atoms with Gasteiger partial charge in [0.2, 0.25) is 0 Å². The minimum Gasteiger partial charge on any atom is -0.247 e. The van der Waals surface area contributed by atoms with E-state index in [1.807, 2.05) is 0 Å². The van der Waals surface area contributed by atoms with Crippen LogP contribution in [0.3, 0.4) is 0 Å². The first-order valence-corrected chi connectivity index (χ1v) is 5.86. The Morgan fingerprint density at radius 1 is 1.15 bits per heavy atom. The van der Waals surface area contributed by atoms with Crippen molar-refractivity contribution in [3.8, 4) is 0 Å². The summed E-state index contributed by atoms with van der Waals surface area (Å²) >= 11 is 0. The number of hydrogen-bond donors (Lipinski definition) is 0. The third-order valence-corrected chi connectivity index (χ3v) is 5.03. The van der Waals surface area contributed by atoms with Crippen LogP contribution in [0.25, 0.3) is 0 Å². The van der Waals surface area contributed by atoms with Crippen LogP contribution in [0.5, 0.6) is 0 Å². The van der Waals surface area contributed by atoms with E-state index in [1.165, 1.54) is 38.5 Å². The van der Waals surface area contributed by atoms with E-state index in [1.54, 1.807) is 0 Å². The molecule has 2 unspecified atom stereocenters. The fourth-order valence-corrected chi connectivity index (χ4v) is 4.56. The van der Waals surface area contributed by atoms with Gasteiger partial charge in [0.1, 0.15) is 6.17 Å². The van der Waals surface area contributed by atoms with Crippen LogP contribution in [0, 0.1) is 23.2 Å². The highest BCUT2D eigenvalue weighted by Gasteiger charge is 2.54. The van der Waals surface area contributed by atoms with E-state index in [-0.39, 0.29) is 0 Å². The van der Waals surface area contributed by atoms with Crippen molar-refractivity contribution in [2.75, 3.05) is 0 Å². The topological polar surface area (TPSA) is 0 Å². The van der Waals surface area contributed by atoms with Crippen molar-refractivity contribution in [2.24, 2.45) is 23.2 Å². The van der Waals surface area contributed by atoms with Gasteiger partial charge in [-0.25, -0.2) is 4.39 Å². The van der Waals surface area contributed by atoms with Crippen molar-refractivity contribution in [3.05, 3.63) is 0 Å². The van der Waals surface area contributed by atoms with E-state index in [0.717, 1.165) is 5.92 Å². The Morgan fingerprint density at radius 3 is 2.31 bits per heavy atom. The molecule has 13 heavy (non-hydrogen) atoms. The summed E-state index contributed by atoms with van der Waals surface area (Å²) < 4.78 is 13.8. The average Bonchev–Trinajstić information content (AvgIpc) is 2.13. The normalized spacial score (nSPS) is 58.6. The fourth-order valence-electron chi connectivity index (χ4n) is 4.56. The third kappa shape index (κ3) is 1.02. The summed E-state index contributed by atoms with van der Waals surface area (Å²) in [6, 6.07) is 0. The molecule has 4 rings (SSSR count). The molecule has 0 radical (unpaired) electrons. The molecule has 0 heterocycles. The van der Waals surface area contributed by atoms with E-state index >= 15 is 0 Å². The molecule has 0 aromatic rings. The molecule has 1 heteroatoms. The highest BCUT2D eigenvalue weighted by molar-refractivity contribution is 5.04. The van der Waals surface area contributed by atoms with Crippen molar-refractivity contribution in [1.82, 2.24) is 0 Å². The molecule has 4 saturated carbocycles. The van der Waals surface area contributed by atoms with Gasteiger partial charge in [-0.3, -0.25) is 0 Å². The van der Waals surface area contributed by atoms with Gasteiger partial charge in [-0.1, -0.05) is 13.3 Å². The van der Waals surface area contributed by atoms with Gasteiger partial charge >= 0.3 is 0 Å². The van der Waals surface area contributed by atoms with Gasteiger partial charge in [0.05, 0.1) is 0 Å². The van der Waals surface area contributed by atoms with Crippen LogP contribution in [0.2, 0.25) is 0 Å². The first-order valence-electron chi connectivity index (χ1n) is 5.86. The molecule has 0 aliphatic heterocycles. The van der Waals surface area contributed by atoms with Crippen LogP contribution < -0.4 is 0 Å². The Morgan fingerprint density at radius 2 is 1.77 bits per heavy atom. The van der Waals surface area contributed by atoms with Crippen molar-refractivity contribution in [2.45, 2.75) is 51.6 Å². The maximum atomic E-state index is 13.8. The van der Waals surface area contributed by atoms with Crippen LogP contribution in [-0.4, -0.2) is 6.17 Å². The number of rotatable bonds is 1. The van der Waals surface area contributed by atoms with Crippen LogP contribution in [0.4, 0.5) is 4.39 Å². The molecule has 0 amide bonds. The second-order valence-electron chi connectivity index (χ2n) is 5.77. The Labute approximate surface area is 79.9 Å². The minimum atomic E-state index is -0.434. The second kappa shape index (κ2) is 2.49. The zero-order valence-corrected chi connectivity index (χ0v) is 8.43. The lowest BCUT2D eigenvalue weighted by atomic mass is 9.48. The van der Waals surface area contributed by atoms with Crippen molar-refractivity contribution >= 4 is 0 Å². The molecule has 4 aliphatic rings. The van der Waals surface area contributed by atoms with Gasteiger partial charge in [-0.05, 0) is 55.3 Å². The van der Waals surface area contributed by atoms with Crippen molar-refractivity contribution < 1.29 is 4.39 Å². The van der Waals surface area contributed by atoms with Gasteiger partial charge < -0.3 is 0 Å². The Kier molecular flexibility index (Phi) is 1.58. The molecule has 0 spiro atoms. The zero-order chi connectivity index (χ0) is 9.05. The molecule has 0 aromatic carbocycles. The third-order valence-electron chi connectivity index (χ3n) is 5.03. The van der Waals surface area contributed by atoms with Gasteiger partial charge in [0, 0.05) is 0 Å². The van der Waals surface area contributed by atoms with Crippen LogP contribution in [0.1, 0.15) is 45.4 Å². The number of halogens is 1. The summed E-state index contributed by atoms with van der Waals surface area (Å²) in [7, 11) is 0. The number of alkyl halides is 1. The Bertz CT molecular complexity index is 207. The summed E-state index contributed by atoms with van der Waals surface area (Å²) in [5.74, 6) is 1.79. The molecule has 0 N–H and O–H groups in total. The summed E-state index contributed by atoms with van der Waals surface area (Å²) in [6.45, 7) is 2.31. The van der Waals surface area contributed by atoms with E-state index in [0.29, 0.717) is 17.3 Å². The Hall–Kier alpha value is -0.0700. The van der Waals surface area contributed by atoms with Gasteiger partial charge in [-0.2, -0.15) is 0 Å². The molecule has 74 valence electrons. The quantitative estimate of drug-likeness (QED) is 0.581. The summed E-state index contributed by atoms with van der Waals surface area (Å²) in [6.07, 6.45) is 7.11. The first kappa shape index (κ1) is 8.26. The lowest BCUT2D eigenvalue weighted by Crippen LogP contribution is -2.51. The predicted molar refractivity (Wildman–Crippen MR) is 51.2 cm³/mol. The van der Waals surface area contributed by atoms with Gasteiger partial charge in [0.15, 0.2) is 0 Å². The lowest BCUT2D eigenvalue weighted by Gasteiger charge is -2.58. The summed E-state index contributed by atoms with van der Waals surface area (Å²) in [5, 5.41) is 0. The average molecular weight is 182 g/mol. The summed E-state index contributed by atoms with van der Waals surface area (Å²) in [4.78, 5) is 0. The van der Waals surface area contributed by atoms with E-state index in [9.17, 15) is 4.39 Å². The van der Waals surface area contributed by atoms with E-state index in [4.69, 9.17) is 0 Å². The van der Waals surface area contributed by atoms with Crippen LogP contribution >= 0.6 is 0 Å². The molecular formula is C12H19F. The molecular weight excluding hydrogens is 163 g/mol. The van der Waals surface area contributed by atoms with Crippen molar-refractivity contribution in [3.63, 3.8) is 0 Å². The number of hydrogen-bond acceptors (Lipinski definition) is 0. The SMILES string of the molecule is CCC12CC3CC(C1)C(F)C(C3)C2. The van der Waals surface area contributed by atoms with E-state index in [2.05, 4.69) is 6.92 Å². The second-order valence-corrected chi connectivity index (χ2v) is 5.77. The van der Waals surface area contributed by atoms with E-state index < -0.39 is 6.17 Å². The maximum Gasteiger partial charge on any atom is 0.106 e. The lowest BCUT2D eigenvalue weighted by molar-refractivity contribution is -0.106. The molecule has 4 bridgehead atoms. The smallest absolute Gasteiger partial charge is 0.106 e. The summed E-state index contributed by atoms with van der Waals surface area (Å²) in [5.41, 5.74) is 0.582. The standard InChI is InChI=1S/C12H19F/c1-2-12-5-8-3-9(6-12)11(13)10(4-8)7-12/h8-11H,2-7H2,1H3. The zero-order valence-electron chi connectivity index (χ0n) is 8.43. The molecule has 4 fully saturated rings.